The maximum Gasteiger partial charge on any atom is 0.247 e. The van der Waals surface area contributed by atoms with E-state index >= 15 is 0 Å². The van der Waals surface area contributed by atoms with Crippen LogP contribution in [0.4, 0.5) is 5.82 Å². The lowest BCUT2D eigenvalue weighted by atomic mass is 10.0. The molecule has 0 aromatic carbocycles. The Hall–Kier alpha value is -1.67. The van der Waals surface area contributed by atoms with Crippen LogP contribution < -0.4 is 5.73 Å². The zero-order chi connectivity index (χ0) is 15.1. The maximum atomic E-state index is 12.7. The summed E-state index contributed by atoms with van der Waals surface area (Å²) in [4.78, 5) is 17.5. The number of anilines is 1. The van der Waals surface area contributed by atoms with Crippen molar-refractivity contribution >= 4 is 21.7 Å². The summed E-state index contributed by atoms with van der Waals surface area (Å²) in [5.41, 5.74) is 4.51. The minimum atomic E-state index is -3.86. The second-order valence-electron chi connectivity index (χ2n) is 5.25. The third kappa shape index (κ3) is 2.14. The fraction of sp³-hybridized carbons (Fsp3) is 0.500. The van der Waals surface area contributed by atoms with Gasteiger partial charge in [-0.1, -0.05) is 0 Å². The summed E-state index contributed by atoms with van der Waals surface area (Å²) in [6.07, 6.45) is 1.43. The van der Waals surface area contributed by atoms with Gasteiger partial charge in [0.15, 0.2) is 0 Å². The topological polar surface area (TPSA) is 96.6 Å². The zero-order valence-corrected chi connectivity index (χ0v) is 12.5. The number of aromatic nitrogens is 1. The van der Waals surface area contributed by atoms with E-state index in [1.54, 1.807) is 20.9 Å². The Kier molecular flexibility index (Phi) is 3.47. The number of nitrogens with two attached hydrogens (primary N) is 1. The summed E-state index contributed by atoms with van der Waals surface area (Å²) < 4.78 is 26.6. The van der Waals surface area contributed by atoms with E-state index in [9.17, 15) is 13.2 Å². The number of hydrogen-bond donors (Lipinski definition) is 1. The largest absolute Gasteiger partial charge is 0.383 e. The smallest absolute Gasteiger partial charge is 0.247 e. The van der Waals surface area contributed by atoms with Gasteiger partial charge in [0.1, 0.15) is 16.3 Å². The lowest BCUT2D eigenvalue weighted by Gasteiger charge is -2.43. The zero-order valence-electron chi connectivity index (χ0n) is 11.7. The molecule has 1 aromatic rings. The molecule has 2 rings (SSSR count). The highest BCUT2D eigenvalue weighted by atomic mass is 32.2. The number of rotatable bonds is 2. The van der Waals surface area contributed by atoms with Gasteiger partial charge in [0.05, 0.1) is 0 Å². The van der Waals surface area contributed by atoms with Gasteiger partial charge in [-0.2, -0.15) is 4.31 Å². The van der Waals surface area contributed by atoms with Crippen LogP contribution in [0.15, 0.2) is 23.2 Å². The van der Waals surface area contributed by atoms with Crippen molar-refractivity contribution in [3.63, 3.8) is 0 Å². The highest BCUT2D eigenvalue weighted by Crippen LogP contribution is 2.30. The van der Waals surface area contributed by atoms with E-state index in [1.807, 2.05) is 0 Å². The Morgan fingerprint density at radius 3 is 2.60 bits per heavy atom. The van der Waals surface area contributed by atoms with Crippen LogP contribution in [0.25, 0.3) is 0 Å². The second-order valence-corrected chi connectivity index (χ2v) is 7.08. The summed E-state index contributed by atoms with van der Waals surface area (Å²) >= 11 is 0. The molecule has 7 nitrogen and oxygen atoms in total. The van der Waals surface area contributed by atoms with Crippen molar-refractivity contribution < 1.29 is 13.2 Å². The summed E-state index contributed by atoms with van der Waals surface area (Å²) in [6.45, 7) is 3.76. The van der Waals surface area contributed by atoms with Crippen molar-refractivity contribution in [1.82, 2.24) is 14.2 Å². The summed E-state index contributed by atoms with van der Waals surface area (Å²) in [6, 6.07) is 2.91. The van der Waals surface area contributed by atoms with Gasteiger partial charge in [-0.3, -0.25) is 4.79 Å². The van der Waals surface area contributed by atoms with Crippen LogP contribution in [0, 0.1) is 0 Å². The molecule has 1 saturated heterocycles. The van der Waals surface area contributed by atoms with Crippen molar-refractivity contribution in [3.8, 4) is 0 Å². The average molecular weight is 298 g/mol. The lowest BCUT2D eigenvalue weighted by Crippen LogP contribution is -2.63. The van der Waals surface area contributed by atoms with E-state index in [-0.39, 0.29) is 23.2 Å². The fourth-order valence-electron chi connectivity index (χ4n) is 2.36. The van der Waals surface area contributed by atoms with Crippen LogP contribution in [0.5, 0.6) is 0 Å². The van der Waals surface area contributed by atoms with Gasteiger partial charge in [-0.25, -0.2) is 13.4 Å². The first-order chi connectivity index (χ1) is 9.19. The van der Waals surface area contributed by atoms with Gasteiger partial charge in [0.25, 0.3) is 0 Å². The minimum Gasteiger partial charge on any atom is -0.383 e. The molecule has 1 aliphatic heterocycles. The van der Waals surface area contributed by atoms with Crippen LogP contribution >= 0.6 is 0 Å². The third-order valence-corrected chi connectivity index (χ3v) is 5.62. The number of amides is 1. The first-order valence-corrected chi connectivity index (χ1v) is 7.62. The molecule has 0 saturated carbocycles. The predicted molar refractivity (Wildman–Crippen MR) is 74.3 cm³/mol. The third-order valence-electron chi connectivity index (χ3n) is 3.50. The van der Waals surface area contributed by atoms with Gasteiger partial charge in [0.2, 0.25) is 15.9 Å². The molecular weight excluding hydrogens is 280 g/mol. The number of carbonyl (C=O) groups is 1. The molecule has 0 bridgehead atoms. The monoisotopic (exact) mass is 298 g/mol. The van der Waals surface area contributed by atoms with Crippen LogP contribution in [-0.4, -0.2) is 54.2 Å². The highest BCUT2D eigenvalue weighted by molar-refractivity contribution is 7.89. The van der Waals surface area contributed by atoms with Crippen molar-refractivity contribution in [2.24, 2.45) is 0 Å². The van der Waals surface area contributed by atoms with E-state index in [4.69, 9.17) is 5.73 Å². The van der Waals surface area contributed by atoms with E-state index in [2.05, 4.69) is 4.98 Å². The number of nitrogens with zero attached hydrogens (tertiary/aromatic N) is 3. The number of nitrogen functional groups attached to an aromatic ring is 1. The molecule has 2 heterocycles. The minimum absolute atomic E-state index is 0.0605. The van der Waals surface area contributed by atoms with E-state index < -0.39 is 15.6 Å². The number of pyridine rings is 1. The first kappa shape index (κ1) is 14.7. The normalized spacial score (nSPS) is 20.1. The van der Waals surface area contributed by atoms with Crippen LogP contribution in [-0.2, 0) is 14.8 Å². The number of piperazine rings is 1. The number of likely N-dealkylation sites (N-methyl/N-ethyl adjacent to an activating group) is 1. The van der Waals surface area contributed by atoms with Crippen molar-refractivity contribution in [2.75, 3.05) is 25.9 Å². The molecule has 8 heteroatoms. The predicted octanol–water partition coefficient (Wildman–Crippen LogP) is -0.0949. The molecule has 2 N–H and O–H groups in total. The summed E-state index contributed by atoms with van der Waals surface area (Å²) in [5.74, 6) is -0.301. The van der Waals surface area contributed by atoms with Crippen LogP contribution in [0.2, 0.25) is 0 Å². The Balaban J connectivity index is 2.50. The number of sulfonamides is 1. The lowest BCUT2D eigenvalue weighted by molar-refractivity contribution is -0.142. The van der Waals surface area contributed by atoms with Gasteiger partial charge >= 0.3 is 0 Å². The van der Waals surface area contributed by atoms with E-state index in [0.29, 0.717) is 6.54 Å². The summed E-state index contributed by atoms with van der Waals surface area (Å²) in [5, 5.41) is 0. The second kappa shape index (κ2) is 4.71. The van der Waals surface area contributed by atoms with Crippen LogP contribution in [0.1, 0.15) is 13.8 Å². The first-order valence-electron chi connectivity index (χ1n) is 6.18. The van der Waals surface area contributed by atoms with Gasteiger partial charge in [-0.05, 0) is 26.0 Å². The molecule has 110 valence electrons. The Morgan fingerprint density at radius 2 is 2.00 bits per heavy atom. The fourth-order valence-corrected chi connectivity index (χ4v) is 4.16. The Labute approximate surface area is 118 Å². The highest BCUT2D eigenvalue weighted by Gasteiger charge is 2.47. The molecule has 1 aromatic heterocycles. The molecule has 1 fully saturated rings. The molecule has 0 unspecified atom stereocenters. The Bertz CT molecular complexity index is 642. The molecule has 20 heavy (non-hydrogen) atoms. The standard InChI is InChI=1S/C12H18N4O3S/c1-12(2)11(17)15(3)7-8-16(12)20(18,19)9-5-4-6-14-10(9)13/h4-6H,7-8H2,1-3H3,(H2,13,14). The van der Waals surface area contributed by atoms with Crippen molar-refractivity contribution in [1.29, 1.82) is 0 Å². The van der Waals surface area contributed by atoms with Crippen LogP contribution in [0.3, 0.4) is 0 Å². The van der Waals surface area contributed by atoms with Gasteiger partial charge in [0, 0.05) is 26.3 Å². The van der Waals surface area contributed by atoms with Crippen molar-refractivity contribution in [3.05, 3.63) is 18.3 Å². The SMILES string of the molecule is CN1CCN(S(=O)(=O)c2cccnc2N)C(C)(C)C1=O. The van der Waals surface area contributed by atoms with E-state index in [1.165, 1.54) is 27.5 Å². The molecule has 0 atom stereocenters. The van der Waals surface area contributed by atoms with Gasteiger partial charge in [-0.15, -0.1) is 0 Å². The number of hydrogen-bond acceptors (Lipinski definition) is 5. The quantitative estimate of drug-likeness (QED) is 0.822. The maximum absolute atomic E-state index is 12.7. The molecule has 0 spiro atoms. The molecule has 0 radical (unpaired) electrons. The molecule has 1 aliphatic rings. The van der Waals surface area contributed by atoms with Crippen molar-refractivity contribution in [2.45, 2.75) is 24.3 Å². The molecule has 0 aliphatic carbocycles. The molecular formula is C12H18N4O3S. The molecule has 1 amide bonds. The average Bonchev–Trinajstić information content (AvgIpc) is 2.36. The Morgan fingerprint density at radius 1 is 1.35 bits per heavy atom. The summed E-state index contributed by atoms with van der Waals surface area (Å²) in [7, 11) is -2.20. The van der Waals surface area contributed by atoms with Gasteiger partial charge < -0.3 is 10.6 Å². The number of carbonyl (C=O) groups excluding carboxylic acids is 1. The van der Waals surface area contributed by atoms with E-state index in [0.717, 1.165) is 0 Å².